The molecule has 0 saturated carbocycles. The van der Waals surface area contributed by atoms with E-state index >= 15 is 0 Å². The van der Waals surface area contributed by atoms with Gasteiger partial charge in [0.15, 0.2) is 0 Å². The number of halogens is 2. The van der Waals surface area contributed by atoms with Crippen LogP contribution in [0.5, 0.6) is 0 Å². The summed E-state index contributed by atoms with van der Waals surface area (Å²) in [7, 11) is 9.63. The van der Waals surface area contributed by atoms with E-state index in [0.29, 0.717) is 0 Å². The van der Waals surface area contributed by atoms with E-state index in [1.54, 1.807) is 0 Å². The number of rotatable bonds is 2. The van der Waals surface area contributed by atoms with Crippen LogP contribution in [0.15, 0.2) is 60.7 Å². The molecule has 0 amide bonds. The van der Waals surface area contributed by atoms with Gasteiger partial charge in [-0.2, -0.15) is 0 Å². The van der Waals surface area contributed by atoms with Crippen molar-refractivity contribution in [2.75, 3.05) is 0 Å². The molecule has 4 heteroatoms. The first kappa shape index (κ1) is 14.3. The molecular weight excluding hydrogens is 377 g/mol. The summed E-state index contributed by atoms with van der Waals surface area (Å²) in [6, 6.07) is 21.1. The van der Waals surface area contributed by atoms with Crippen LogP contribution < -0.4 is 8.92 Å². The Balaban J connectivity index is 0.000000386. The van der Waals surface area contributed by atoms with E-state index in [1.807, 2.05) is 0 Å². The van der Waals surface area contributed by atoms with Gasteiger partial charge in [-0.05, 0) is 0 Å². The third kappa shape index (κ3) is 6.06. The van der Waals surface area contributed by atoms with Gasteiger partial charge in [-0.1, -0.05) is 0 Å². The van der Waals surface area contributed by atoms with Crippen LogP contribution >= 0.6 is 19.1 Å². The summed E-state index contributed by atoms with van der Waals surface area (Å²) < 4.78 is 2.74. The summed E-state index contributed by atoms with van der Waals surface area (Å²) in [6.07, 6.45) is 0. The van der Waals surface area contributed by atoms with Crippen LogP contribution in [-0.2, 0) is 30.9 Å². The second-order valence-electron chi connectivity index (χ2n) is 2.70. The molecule has 0 fully saturated rings. The van der Waals surface area contributed by atoms with Crippen molar-refractivity contribution in [1.82, 2.24) is 0 Å². The van der Waals surface area contributed by atoms with E-state index in [2.05, 4.69) is 60.7 Å². The molecule has 0 atom stereocenters. The van der Waals surface area contributed by atoms with Crippen molar-refractivity contribution in [1.29, 1.82) is 0 Å². The molecule has 0 bridgehead atoms. The first-order valence-corrected chi connectivity index (χ1v) is 9.52. The van der Waals surface area contributed by atoms with Crippen LogP contribution in [0.1, 0.15) is 0 Å². The Kier molecular flexibility index (Phi) is 8.25. The summed E-state index contributed by atoms with van der Waals surface area (Å²) in [6.45, 7) is 0. The zero-order valence-electron chi connectivity index (χ0n) is 8.20. The normalized spacial score (nSPS) is 9.62. The van der Waals surface area contributed by atoms with Gasteiger partial charge >= 0.3 is 120 Å². The molecule has 0 unspecified atom stereocenters. The summed E-state index contributed by atoms with van der Waals surface area (Å²) in [5, 5.41) is 0. The minimum absolute atomic E-state index is 0.106. The van der Waals surface area contributed by atoms with Crippen molar-refractivity contribution in [3.8, 4) is 0 Å². The molecule has 16 heavy (non-hydrogen) atoms. The van der Waals surface area contributed by atoms with Gasteiger partial charge in [0.2, 0.25) is 0 Å². The Morgan fingerprint density at radius 3 is 1.31 bits per heavy atom. The van der Waals surface area contributed by atoms with Gasteiger partial charge < -0.3 is 0 Å². The maximum atomic E-state index is 4.81. The SMILES string of the molecule is [Cl][Pd][Cl].c1cc[c]([Fe][c]2ccccc2)cc1. The van der Waals surface area contributed by atoms with E-state index in [9.17, 15) is 0 Å². The summed E-state index contributed by atoms with van der Waals surface area (Å²) in [5.41, 5.74) is 0. The molecule has 0 nitrogen and oxygen atoms in total. The molecular formula is C12H10Cl2FePd. The molecule has 0 aliphatic carbocycles. The molecule has 2 aromatic carbocycles. The third-order valence-electron chi connectivity index (χ3n) is 1.65. The van der Waals surface area contributed by atoms with Crippen molar-refractivity contribution >= 4 is 28.0 Å². The predicted molar refractivity (Wildman–Crippen MR) is 63.9 cm³/mol. The fourth-order valence-electron chi connectivity index (χ4n) is 1.06. The summed E-state index contributed by atoms with van der Waals surface area (Å²) >= 11 is 0.924. The topological polar surface area (TPSA) is 0 Å². The quantitative estimate of drug-likeness (QED) is 0.695. The van der Waals surface area contributed by atoms with Crippen LogP contribution in [0, 0.1) is 0 Å². The molecule has 0 aliphatic heterocycles. The fourth-order valence-corrected chi connectivity index (χ4v) is 2.22. The maximum absolute atomic E-state index is 4.81. The van der Waals surface area contributed by atoms with Crippen LogP contribution in [0.3, 0.4) is 0 Å². The number of hydrogen-bond donors (Lipinski definition) is 0. The number of hydrogen-bond acceptors (Lipinski definition) is 0. The van der Waals surface area contributed by atoms with Crippen LogP contribution in [0.2, 0.25) is 0 Å². The molecule has 0 spiro atoms. The molecule has 0 saturated heterocycles. The monoisotopic (exact) mass is 386 g/mol. The Morgan fingerprint density at radius 1 is 0.688 bits per heavy atom. The average molecular weight is 387 g/mol. The third-order valence-corrected chi connectivity index (χ3v) is 3.03. The van der Waals surface area contributed by atoms with Crippen LogP contribution in [-0.4, -0.2) is 0 Å². The standard InChI is InChI=1S/2C6H5.2ClH.Fe.Pd/c2*1-2-4-6-5-3-1;;;;/h2*1-5H;2*1H;;/q;;;;;+2/p-2. The van der Waals surface area contributed by atoms with E-state index < -0.39 is 0 Å². The van der Waals surface area contributed by atoms with Gasteiger partial charge in [0.05, 0.1) is 0 Å². The Morgan fingerprint density at radius 2 is 1.00 bits per heavy atom. The Bertz CT molecular complexity index is 343. The van der Waals surface area contributed by atoms with Gasteiger partial charge in [-0.15, -0.1) is 0 Å². The van der Waals surface area contributed by atoms with Crippen molar-refractivity contribution in [2.45, 2.75) is 0 Å². The molecule has 0 aromatic heterocycles. The molecule has 0 heterocycles. The summed E-state index contributed by atoms with van der Waals surface area (Å²) in [5.74, 6) is 0. The van der Waals surface area contributed by atoms with Crippen molar-refractivity contribution < 1.29 is 30.9 Å². The van der Waals surface area contributed by atoms with E-state index in [-0.39, 0.29) is 15.9 Å². The second kappa shape index (κ2) is 9.25. The molecule has 2 aromatic rings. The molecule has 0 aliphatic rings. The average Bonchev–Trinajstić information content (AvgIpc) is 2.33. The first-order valence-electron chi connectivity index (χ1n) is 4.41. The van der Waals surface area contributed by atoms with Crippen molar-refractivity contribution in [3.05, 3.63) is 60.7 Å². The first-order chi connectivity index (χ1) is 7.86. The van der Waals surface area contributed by atoms with Gasteiger partial charge in [-0.25, -0.2) is 0 Å². The van der Waals surface area contributed by atoms with Gasteiger partial charge in [0.1, 0.15) is 0 Å². The van der Waals surface area contributed by atoms with Crippen LogP contribution in [0.4, 0.5) is 0 Å². The molecule has 0 N–H and O–H groups in total. The van der Waals surface area contributed by atoms with Crippen molar-refractivity contribution in [2.24, 2.45) is 0 Å². The van der Waals surface area contributed by atoms with Gasteiger partial charge in [0, 0.05) is 0 Å². The second-order valence-corrected chi connectivity index (χ2v) is 6.61. The number of benzene rings is 2. The van der Waals surface area contributed by atoms with Crippen molar-refractivity contribution in [3.63, 3.8) is 0 Å². The fraction of sp³-hybridized carbons (Fsp3) is 0. The Hall–Kier alpha value is 0.202. The van der Waals surface area contributed by atoms with E-state index in [1.165, 1.54) is 8.92 Å². The van der Waals surface area contributed by atoms with E-state index in [0.717, 1.165) is 15.0 Å². The molecule has 0 radical (unpaired) electrons. The minimum atomic E-state index is -0.106. The predicted octanol–water partition coefficient (Wildman–Crippen LogP) is 3.10. The Labute approximate surface area is 119 Å². The molecule has 2 rings (SSSR count). The van der Waals surface area contributed by atoms with Gasteiger partial charge in [0.25, 0.3) is 0 Å². The summed E-state index contributed by atoms with van der Waals surface area (Å²) in [4.78, 5) is 0. The van der Waals surface area contributed by atoms with Gasteiger partial charge in [-0.3, -0.25) is 0 Å². The van der Waals surface area contributed by atoms with E-state index in [4.69, 9.17) is 19.1 Å². The zero-order chi connectivity index (χ0) is 11.6. The zero-order valence-corrected chi connectivity index (χ0v) is 12.4. The van der Waals surface area contributed by atoms with Crippen LogP contribution in [0.25, 0.3) is 0 Å². The molecule has 90 valence electrons.